The first-order valence-electron chi connectivity index (χ1n) is 8.07. The van der Waals surface area contributed by atoms with Crippen molar-refractivity contribution < 1.29 is 19.4 Å². The number of benzene rings is 2. The predicted octanol–water partition coefficient (Wildman–Crippen LogP) is 3.47. The molecule has 1 N–H and O–H groups in total. The molecule has 6 heteroatoms. The van der Waals surface area contributed by atoms with Gasteiger partial charge in [0.25, 0.3) is 5.91 Å². The van der Waals surface area contributed by atoms with Crippen molar-refractivity contribution in [1.29, 1.82) is 0 Å². The average Bonchev–Trinajstić information content (AvgIpc) is 2.78. The second kappa shape index (κ2) is 7.61. The Morgan fingerprint density at radius 2 is 1.92 bits per heavy atom. The van der Waals surface area contributed by atoms with Crippen molar-refractivity contribution in [3.8, 4) is 5.75 Å². The van der Waals surface area contributed by atoms with Crippen molar-refractivity contribution >= 4 is 29.3 Å². The molecule has 0 saturated carbocycles. The molecule has 1 aliphatic rings. The van der Waals surface area contributed by atoms with Crippen LogP contribution in [0.3, 0.4) is 0 Å². The number of nitrogens with zero attached hydrogens (tertiary/aromatic N) is 1. The van der Waals surface area contributed by atoms with Gasteiger partial charge in [-0.25, -0.2) is 4.79 Å². The lowest BCUT2D eigenvalue weighted by Gasteiger charge is -2.22. The van der Waals surface area contributed by atoms with E-state index in [2.05, 4.69) is 6.92 Å². The van der Waals surface area contributed by atoms with Crippen molar-refractivity contribution in [2.75, 3.05) is 18.1 Å². The Labute approximate surface area is 150 Å². The Balaban J connectivity index is 1.71. The van der Waals surface area contributed by atoms with Crippen LogP contribution in [0.25, 0.3) is 0 Å². The van der Waals surface area contributed by atoms with Gasteiger partial charge in [0.2, 0.25) is 0 Å². The van der Waals surface area contributed by atoms with Crippen molar-refractivity contribution in [1.82, 2.24) is 0 Å². The van der Waals surface area contributed by atoms with Gasteiger partial charge in [0.1, 0.15) is 11.3 Å². The number of carbonyl (C=O) groups excluding carboxylic acids is 2. The van der Waals surface area contributed by atoms with Crippen LogP contribution < -0.4 is 4.90 Å². The Morgan fingerprint density at radius 3 is 2.72 bits per heavy atom. The Morgan fingerprint density at radius 1 is 1.20 bits per heavy atom. The van der Waals surface area contributed by atoms with Crippen LogP contribution in [0.5, 0.6) is 5.75 Å². The average molecular weight is 357 g/mol. The number of aromatic hydroxyl groups is 1. The summed E-state index contributed by atoms with van der Waals surface area (Å²) in [6.07, 6.45) is 0.860. The van der Waals surface area contributed by atoms with Gasteiger partial charge in [-0.15, -0.1) is 11.8 Å². The predicted molar refractivity (Wildman–Crippen MR) is 97.1 cm³/mol. The summed E-state index contributed by atoms with van der Waals surface area (Å²) in [5, 5.41) is 10.1. The first-order valence-corrected chi connectivity index (χ1v) is 8.95. The number of phenols is 1. The fourth-order valence-corrected chi connectivity index (χ4v) is 3.79. The topological polar surface area (TPSA) is 66.8 Å². The molecule has 2 aromatic carbocycles. The summed E-state index contributed by atoms with van der Waals surface area (Å²) in [4.78, 5) is 27.4. The third-order valence-corrected chi connectivity index (χ3v) is 5.23. The van der Waals surface area contributed by atoms with Gasteiger partial charge in [0.05, 0.1) is 5.69 Å². The lowest BCUT2D eigenvalue weighted by molar-refractivity contribution is -0.121. The number of thioether (sulfide) groups is 1. The third kappa shape index (κ3) is 3.96. The van der Waals surface area contributed by atoms with E-state index in [1.807, 2.05) is 24.3 Å². The lowest BCUT2D eigenvalue weighted by atomic mass is 10.2. The van der Waals surface area contributed by atoms with Gasteiger partial charge in [-0.1, -0.05) is 31.2 Å². The van der Waals surface area contributed by atoms with E-state index in [0.29, 0.717) is 11.8 Å². The van der Waals surface area contributed by atoms with Crippen LogP contribution in [-0.2, 0) is 9.53 Å². The number of rotatable bonds is 3. The molecule has 2 aromatic rings. The van der Waals surface area contributed by atoms with Crippen LogP contribution in [0.4, 0.5) is 5.69 Å². The van der Waals surface area contributed by atoms with E-state index in [1.165, 1.54) is 12.1 Å². The molecule has 0 bridgehead atoms. The number of anilines is 1. The lowest BCUT2D eigenvalue weighted by Crippen LogP contribution is -2.35. The van der Waals surface area contributed by atoms with Crippen LogP contribution in [0.2, 0.25) is 0 Å². The first-order chi connectivity index (χ1) is 12.1. The number of carbonyl (C=O) groups is 2. The van der Waals surface area contributed by atoms with Gasteiger partial charge < -0.3 is 14.7 Å². The van der Waals surface area contributed by atoms with Crippen LogP contribution in [0.1, 0.15) is 23.7 Å². The number of hydrogen-bond acceptors (Lipinski definition) is 5. The molecule has 25 heavy (non-hydrogen) atoms. The highest BCUT2D eigenvalue weighted by Crippen LogP contribution is 2.37. The van der Waals surface area contributed by atoms with E-state index in [1.54, 1.807) is 28.8 Å². The molecule has 1 heterocycles. The van der Waals surface area contributed by atoms with Gasteiger partial charge in [-0.05, 0) is 30.7 Å². The van der Waals surface area contributed by atoms with E-state index in [4.69, 9.17) is 4.74 Å². The summed E-state index contributed by atoms with van der Waals surface area (Å²) >= 11 is 1.74. The van der Waals surface area contributed by atoms with E-state index in [-0.39, 0.29) is 23.8 Å². The maximum Gasteiger partial charge on any atom is 0.342 e. The molecule has 130 valence electrons. The number of hydrogen-bond donors (Lipinski definition) is 1. The van der Waals surface area contributed by atoms with Gasteiger partial charge in [0, 0.05) is 16.7 Å². The quantitative estimate of drug-likeness (QED) is 0.852. The number of amides is 1. The third-order valence-electron chi connectivity index (χ3n) is 4.00. The molecule has 1 aliphatic heterocycles. The van der Waals surface area contributed by atoms with E-state index < -0.39 is 5.97 Å². The van der Waals surface area contributed by atoms with Gasteiger partial charge in [0.15, 0.2) is 6.61 Å². The van der Waals surface area contributed by atoms with Crippen molar-refractivity contribution in [3.63, 3.8) is 0 Å². The normalized spacial score (nSPS) is 16.7. The van der Waals surface area contributed by atoms with Crippen LogP contribution in [0.15, 0.2) is 53.4 Å². The largest absolute Gasteiger partial charge is 0.507 e. The molecule has 0 fully saturated rings. The van der Waals surface area contributed by atoms with Crippen LogP contribution in [-0.4, -0.2) is 35.4 Å². The minimum atomic E-state index is -0.711. The molecule has 1 atom stereocenters. The Hall–Kier alpha value is -2.47. The zero-order chi connectivity index (χ0) is 17.8. The summed E-state index contributed by atoms with van der Waals surface area (Å²) < 4.78 is 5.11. The van der Waals surface area contributed by atoms with Crippen molar-refractivity contribution in [3.05, 3.63) is 54.1 Å². The minimum Gasteiger partial charge on any atom is -0.507 e. The Kier molecular flexibility index (Phi) is 5.28. The molecule has 3 rings (SSSR count). The summed E-state index contributed by atoms with van der Waals surface area (Å²) in [5.74, 6) is -1.14. The maximum absolute atomic E-state index is 12.6. The van der Waals surface area contributed by atoms with Gasteiger partial charge in [-0.2, -0.15) is 0 Å². The molecular weight excluding hydrogens is 338 g/mol. The monoisotopic (exact) mass is 357 g/mol. The molecule has 1 amide bonds. The zero-order valence-corrected chi connectivity index (χ0v) is 14.7. The fraction of sp³-hybridized carbons (Fsp3) is 0.263. The summed E-state index contributed by atoms with van der Waals surface area (Å²) in [7, 11) is 0. The zero-order valence-electron chi connectivity index (χ0n) is 13.8. The van der Waals surface area contributed by atoms with E-state index >= 15 is 0 Å². The smallest absolute Gasteiger partial charge is 0.342 e. The SMILES string of the molecule is C[C@H]1CCN(C(=O)COC(=O)c2ccccc2O)c2ccccc2S1. The first kappa shape index (κ1) is 17.4. The maximum atomic E-state index is 12.6. The molecule has 0 spiro atoms. The van der Waals surface area contributed by atoms with Crippen LogP contribution >= 0.6 is 11.8 Å². The molecule has 0 unspecified atom stereocenters. The van der Waals surface area contributed by atoms with Crippen LogP contribution in [0, 0.1) is 0 Å². The Bertz CT molecular complexity index is 792. The van der Waals surface area contributed by atoms with Gasteiger partial charge >= 0.3 is 5.97 Å². The number of fused-ring (bicyclic) bond motifs is 1. The highest BCUT2D eigenvalue weighted by molar-refractivity contribution is 8.00. The number of esters is 1. The highest BCUT2D eigenvalue weighted by Gasteiger charge is 2.25. The van der Waals surface area contributed by atoms with Gasteiger partial charge in [-0.3, -0.25) is 4.79 Å². The second-order valence-corrected chi connectivity index (χ2v) is 7.30. The minimum absolute atomic E-state index is 0.0516. The van der Waals surface area contributed by atoms with E-state index in [9.17, 15) is 14.7 Å². The van der Waals surface area contributed by atoms with Crippen molar-refractivity contribution in [2.24, 2.45) is 0 Å². The molecule has 0 saturated heterocycles. The molecule has 0 aromatic heterocycles. The summed E-state index contributed by atoms with van der Waals surface area (Å²) in [6.45, 7) is 2.35. The summed E-state index contributed by atoms with van der Waals surface area (Å²) in [6, 6.07) is 13.9. The number of para-hydroxylation sites is 2. The fourth-order valence-electron chi connectivity index (χ4n) is 2.68. The molecule has 5 nitrogen and oxygen atoms in total. The molecular formula is C19H19NO4S. The van der Waals surface area contributed by atoms with Crippen molar-refractivity contribution in [2.45, 2.75) is 23.5 Å². The molecule has 0 aliphatic carbocycles. The summed E-state index contributed by atoms with van der Waals surface area (Å²) in [5.41, 5.74) is 0.899. The number of phenolic OH excluding ortho intramolecular Hbond substituents is 1. The molecule has 0 radical (unpaired) electrons. The second-order valence-electron chi connectivity index (χ2n) is 5.82. The highest BCUT2D eigenvalue weighted by atomic mass is 32.2. The number of ether oxygens (including phenoxy) is 1. The van der Waals surface area contributed by atoms with E-state index in [0.717, 1.165) is 17.0 Å². The standard InChI is InChI=1S/C19H19NO4S/c1-13-10-11-20(15-7-3-5-9-17(15)25-13)18(22)12-24-19(23)14-6-2-4-8-16(14)21/h2-9,13,21H,10-12H2,1H3/t13-/m0/s1.